The molecule has 1 aromatic heterocycles. The van der Waals surface area contributed by atoms with Crippen LogP contribution in [0.15, 0.2) is 41.0 Å². The number of halogens is 2. The fraction of sp³-hybridized carbons (Fsp3) is 0.312. The molecule has 0 aliphatic carbocycles. The molecule has 0 bridgehead atoms. The summed E-state index contributed by atoms with van der Waals surface area (Å²) in [5.41, 5.74) is 1.98. The summed E-state index contributed by atoms with van der Waals surface area (Å²) in [5, 5.41) is 13.5. The first kappa shape index (κ1) is 15.7. The molecule has 1 aliphatic rings. The number of anilines is 2. The molecule has 0 unspecified atom stereocenters. The van der Waals surface area contributed by atoms with Gasteiger partial charge in [-0.25, -0.2) is 4.98 Å². The third-order valence-corrected chi connectivity index (χ3v) is 4.99. The van der Waals surface area contributed by atoms with Crippen LogP contribution in [-0.2, 0) is 6.54 Å². The van der Waals surface area contributed by atoms with Crippen molar-refractivity contribution in [2.75, 3.05) is 18.4 Å². The summed E-state index contributed by atoms with van der Waals surface area (Å²) in [4.78, 5) is 6.59. The number of nitrogens with one attached hydrogen (secondary N) is 1. The Kier molecular flexibility index (Phi) is 4.98. The Morgan fingerprint density at radius 2 is 2.27 bits per heavy atom. The molecule has 116 valence electrons. The molecule has 2 aromatic rings. The predicted molar refractivity (Wildman–Crippen MR) is 92.6 cm³/mol. The molecule has 0 radical (unpaired) electrons. The lowest BCUT2D eigenvalue weighted by Gasteiger charge is -2.15. The van der Waals surface area contributed by atoms with E-state index in [0.717, 1.165) is 47.6 Å². The van der Waals surface area contributed by atoms with Crippen LogP contribution in [0.25, 0.3) is 0 Å². The van der Waals surface area contributed by atoms with E-state index in [4.69, 9.17) is 11.6 Å². The van der Waals surface area contributed by atoms with Gasteiger partial charge in [0.1, 0.15) is 5.82 Å². The van der Waals surface area contributed by atoms with Crippen molar-refractivity contribution in [3.8, 4) is 0 Å². The number of aliphatic hydroxyl groups is 1. The van der Waals surface area contributed by atoms with Crippen molar-refractivity contribution >= 4 is 39.0 Å². The molecular weight excluding hydrogens is 366 g/mol. The third kappa shape index (κ3) is 3.79. The first-order chi connectivity index (χ1) is 10.6. The van der Waals surface area contributed by atoms with Gasteiger partial charge in [0.15, 0.2) is 0 Å². The zero-order valence-electron chi connectivity index (χ0n) is 12.0. The summed E-state index contributed by atoms with van der Waals surface area (Å²) in [5.74, 6) is 0.761. The molecule has 2 heterocycles. The number of pyridine rings is 1. The molecule has 4 nitrogen and oxygen atoms in total. The summed E-state index contributed by atoms with van der Waals surface area (Å²) in [6, 6.07) is 9.75. The Hall–Kier alpha value is -1.14. The van der Waals surface area contributed by atoms with Gasteiger partial charge in [0.2, 0.25) is 0 Å². The van der Waals surface area contributed by atoms with Gasteiger partial charge in [0.05, 0.1) is 16.8 Å². The fourth-order valence-electron chi connectivity index (χ4n) is 2.59. The number of likely N-dealkylation sites (tertiary alicyclic amines) is 1. The summed E-state index contributed by atoms with van der Waals surface area (Å²) < 4.78 is 0.848. The maximum absolute atomic E-state index is 9.60. The number of nitrogens with zero attached hydrogens (tertiary/aromatic N) is 2. The molecule has 1 saturated heterocycles. The zero-order chi connectivity index (χ0) is 15.5. The molecule has 0 amide bonds. The van der Waals surface area contributed by atoms with Crippen LogP contribution in [0.1, 0.15) is 12.0 Å². The highest BCUT2D eigenvalue weighted by Crippen LogP contribution is 2.31. The molecule has 6 heteroatoms. The monoisotopic (exact) mass is 381 g/mol. The molecule has 3 rings (SSSR count). The molecule has 0 saturated carbocycles. The summed E-state index contributed by atoms with van der Waals surface area (Å²) >= 11 is 9.68. The number of β-amino-alcohol motifs (C(OH)–C–C–N with tert-alkyl or cyclic N) is 1. The van der Waals surface area contributed by atoms with Gasteiger partial charge in [-0.05, 0) is 52.2 Å². The second-order valence-electron chi connectivity index (χ2n) is 5.45. The minimum atomic E-state index is -0.195. The number of benzene rings is 1. The van der Waals surface area contributed by atoms with Crippen molar-refractivity contribution in [3.63, 3.8) is 0 Å². The van der Waals surface area contributed by atoms with Crippen LogP contribution < -0.4 is 5.32 Å². The molecule has 22 heavy (non-hydrogen) atoms. The van der Waals surface area contributed by atoms with Gasteiger partial charge in [0.25, 0.3) is 0 Å². The standard InChI is InChI=1S/C16H17BrClN3O/c17-13-2-1-3-14(16(13)18)20-15-8-11(4-6-19-15)9-21-7-5-12(22)10-21/h1-4,6,8,12,22H,5,7,9-10H2,(H,19,20)/t12-/m1/s1. The van der Waals surface area contributed by atoms with E-state index in [1.54, 1.807) is 6.20 Å². The fourth-order valence-corrected chi connectivity index (χ4v) is 3.13. The maximum Gasteiger partial charge on any atom is 0.130 e. The van der Waals surface area contributed by atoms with Gasteiger partial charge in [-0.15, -0.1) is 0 Å². The maximum atomic E-state index is 9.60. The number of aromatic nitrogens is 1. The average Bonchev–Trinajstić information content (AvgIpc) is 2.89. The molecule has 2 N–H and O–H groups in total. The Labute approximate surface area is 143 Å². The van der Waals surface area contributed by atoms with Crippen molar-refractivity contribution in [2.45, 2.75) is 19.1 Å². The van der Waals surface area contributed by atoms with Crippen LogP contribution in [-0.4, -0.2) is 34.2 Å². The number of aliphatic hydroxyl groups excluding tert-OH is 1. The molecular formula is C16H17BrClN3O. The van der Waals surface area contributed by atoms with E-state index in [1.807, 2.05) is 30.3 Å². The Morgan fingerprint density at radius 1 is 1.41 bits per heavy atom. The molecule has 1 atom stereocenters. The van der Waals surface area contributed by atoms with Gasteiger partial charge in [-0.3, -0.25) is 4.90 Å². The Bertz CT molecular complexity index is 668. The van der Waals surface area contributed by atoms with Crippen LogP contribution >= 0.6 is 27.5 Å². The zero-order valence-corrected chi connectivity index (χ0v) is 14.3. The lowest BCUT2D eigenvalue weighted by atomic mass is 10.2. The molecule has 1 fully saturated rings. The third-order valence-electron chi connectivity index (χ3n) is 3.69. The van der Waals surface area contributed by atoms with Crippen molar-refractivity contribution in [1.82, 2.24) is 9.88 Å². The highest BCUT2D eigenvalue weighted by atomic mass is 79.9. The van der Waals surface area contributed by atoms with Crippen LogP contribution in [0.3, 0.4) is 0 Å². The van der Waals surface area contributed by atoms with Gasteiger partial charge in [-0.2, -0.15) is 0 Å². The highest BCUT2D eigenvalue weighted by Gasteiger charge is 2.20. The van der Waals surface area contributed by atoms with Crippen LogP contribution in [0.2, 0.25) is 5.02 Å². The minimum absolute atomic E-state index is 0.195. The van der Waals surface area contributed by atoms with E-state index in [9.17, 15) is 5.11 Å². The van der Waals surface area contributed by atoms with Gasteiger partial charge in [0, 0.05) is 30.3 Å². The number of hydrogen-bond donors (Lipinski definition) is 2. The molecule has 0 spiro atoms. The van der Waals surface area contributed by atoms with Crippen LogP contribution in [0.4, 0.5) is 11.5 Å². The van der Waals surface area contributed by atoms with E-state index >= 15 is 0 Å². The summed E-state index contributed by atoms with van der Waals surface area (Å²) in [6.07, 6.45) is 2.44. The number of hydrogen-bond acceptors (Lipinski definition) is 4. The van der Waals surface area contributed by atoms with E-state index < -0.39 is 0 Å². The smallest absolute Gasteiger partial charge is 0.130 e. The minimum Gasteiger partial charge on any atom is -0.392 e. The highest BCUT2D eigenvalue weighted by molar-refractivity contribution is 9.10. The predicted octanol–water partition coefficient (Wildman–Crippen LogP) is 3.81. The van der Waals surface area contributed by atoms with Crippen molar-refractivity contribution in [2.24, 2.45) is 0 Å². The second-order valence-corrected chi connectivity index (χ2v) is 6.69. The van der Waals surface area contributed by atoms with E-state index in [1.165, 1.54) is 0 Å². The summed E-state index contributed by atoms with van der Waals surface area (Å²) in [7, 11) is 0. The lowest BCUT2D eigenvalue weighted by Crippen LogP contribution is -2.21. The molecule has 1 aromatic carbocycles. The van der Waals surface area contributed by atoms with E-state index in [-0.39, 0.29) is 6.10 Å². The molecule has 1 aliphatic heterocycles. The van der Waals surface area contributed by atoms with Crippen molar-refractivity contribution < 1.29 is 5.11 Å². The SMILES string of the molecule is O[C@@H]1CCN(Cc2ccnc(Nc3cccc(Br)c3Cl)c2)C1. The van der Waals surface area contributed by atoms with Crippen molar-refractivity contribution in [3.05, 3.63) is 51.6 Å². The Morgan fingerprint density at radius 3 is 3.05 bits per heavy atom. The van der Waals surface area contributed by atoms with Crippen LogP contribution in [0.5, 0.6) is 0 Å². The first-order valence-corrected chi connectivity index (χ1v) is 8.35. The van der Waals surface area contributed by atoms with E-state index in [0.29, 0.717) is 5.02 Å². The van der Waals surface area contributed by atoms with Crippen LogP contribution in [0, 0.1) is 0 Å². The van der Waals surface area contributed by atoms with Gasteiger partial charge < -0.3 is 10.4 Å². The van der Waals surface area contributed by atoms with Crippen molar-refractivity contribution in [1.29, 1.82) is 0 Å². The van der Waals surface area contributed by atoms with Gasteiger partial charge >= 0.3 is 0 Å². The Balaban J connectivity index is 1.72. The second kappa shape index (κ2) is 6.96. The normalized spacial score (nSPS) is 18.6. The lowest BCUT2D eigenvalue weighted by molar-refractivity contribution is 0.175. The van der Waals surface area contributed by atoms with E-state index in [2.05, 4.69) is 31.1 Å². The summed E-state index contributed by atoms with van der Waals surface area (Å²) in [6.45, 7) is 2.49. The topological polar surface area (TPSA) is 48.4 Å². The largest absolute Gasteiger partial charge is 0.392 e. The average molecular weight is 383 g/mol. The van der Waals surface area contributed by atoms with Gasteiger partial charge in [-0.1, -0.05) is 17.7 Å². The quantitative estimate of drug-likeness (QED) is 0.844. The number of rotatable bonds is 4. The first-order valence-electron chi connectivity index (χ1n) is 7.18.